The molecule has 74 valence electrons. The van der Waals surface area contributed by atoms with Gasteiger partial charge >= 0.3 is 5.97 Å². The number of rotatable bonds is 3. The fourth-order valence-electron chi connectivity index (χ4n) is 2.03. The summed E-state index contributed by atoms with van der Waals surface area (Å²) in [6, 6.07) is 0. The number of aldehydes is 1. The van der Waals surface area contributed by atoms with E-state index in [1.807, 2.05) is 0 Å². The number of aliphatic hydroxyl groups is 1. The van der Waals surface area contributed by atoms with Gasteiger partial charge in [0.15, 0.2) is 6.29 Å². The summed E-state index contributed by atoms with van der Waals surface area (Å²) in [6.45, 7) is 1.28. The van der Waals surface area contributed by atoms with Crippen LogP contribution in [0.4, 0.5) is 0 Å². The molecule has 0 radical (unpaired) electrons. The number of aliphatic carboxylic acids is 1. The van der Waals surface area contributed by atoms with Gasteiger partial charge in [-0.3, -0.25) is 4.79 Å². The molecule has 1 unspecified atom stereocenters. The van der Waals surface area contributed by atoms with Gasteiger partial charge in [0.25, 0.3) is 0 Å². The first-order valence-corrected chi connectivity index (χ1v) is 4.38. The molecule has 1 aliphatic carbocycles. The zero-order valence-electron chi connectivity index (χ0n) is 7.62. The number of hydrogen-bond donors (Lipinski definition) is 2. The molecule has 1 rings (SSSR count). The summed E-state index contributed by atoms with van der Waals surface area (Å²) in [6.07, 6.45) is 2.63. The fraction of sp³-hybridized carbons (Fsp3) is 0.778. The highest BCUT2D eigenvalue weighted by molar-refractivity contribution is 5.83. The van der Waals surface area contributed by atoms with Crippen LogP contribution in [0.25, 0.3) is 0 Å². The van der Waals surface area contributed by atoms with Crippen molar-refractivity contribution in [2.75, 3.05) is 0 Å². The highest BCUT2D eigenvalue weighted by Crippen LogP contribution is 2.45. The Kier molecular flexibility index (Phi) is 2.43. The van der Waals surface area contributed by atoms with E-state index in [2.05, 4.69) is 0 Å². The van der Waals surface area contributed by atoms with Crippen LogP contribution in [0, 0.1) is 5.41 Å². The summed E-state index contributed by atoms with van der Waals surface area (Å²) in [5.74, 6) is -1.07. The van der Waals surface area contributed by atoms with Crippen molar-refractivity contribution in [2.24, 2.45) is 5.41 Å². The van der Waals surface area contributed by atoms with E-state index in [9.17, 15) is 14.7 Å². The summed E-state index contributed by atoms with van der Waals surface area (Å²) in [5, 5.41) is 18.7. The van der Waals surface area contributed by atoms with Gasteiger partial charge in [0.05, 0.1) is 0 Å². The smallest absolute Gasteiger partial charge is 0.313 e. The Bertz CT molecular complexity index is 226. The lowest BCUT2D eigenvalue weighted by molar-refractivity contribution is -0.168. The maximum Gasteiger partial charge on any atom is 0.313 e. The highest BCUT2D eigenvalue weighted by atomic mass is 16.4. The topological polar surface area (TPSA) is 74.6 Å². The second kappa shape index (κ2) is 3.10. The molecule has 1 fully saturated rings. The van der Waals surface area contributed by atoms with Gasteiger partial charge in [-0.1, -0.05) is 12.8 Å². The molecule has 4 heteroatoms. The third-order valence-electron chi connectivity index (χ3n) is 3.06. The van der Waals surface area contributed by atoms with E-state index < -0.39 is 17.0 Å². The maximum absolute atomic E-state index is 11.0. The van der Waals surface area contributed by atoms with E-state index in [0.717, 1.165) is 12.8 Å². The quantitative estimate of drug-likeness (QED) is 0.632. The van der Waals surface area contributed by atoms with Crippen LogP contribution in [0.2, 0.25) is 0 Å². The van der Waals surface area contributed by atoms with Gasteiger partial charge in [0.1, 0.15) is 11.0 Å². The van der Waals surface area contributed by atoms with E-state index in [0.29, 0.717) is 19.1 Å². The van der Waals surface area contributed by atoms with E-state index in [1.165, 1.54) is 6.92 Å². The van der Waals surface area contributed by atoms with Crippen LogP contribution >= 0.6 is 0 Å². The molecule has 1 saturated carbocycles. The Morgan fingerprint density at radius 1 is 1.46 bits per heavy atom. The molecule has 4 nitrogen and oxygen atoms in total. The van der Waals surface area contributed by atoms with E-state index in [4.69, 9.17) is 5.11 Å². The van der Waals surface area contributed by atoms with Crippen LogP contribution < -0.4 is 0 Å². The molecule has 0 aromatic heterocycles. The molecule has 0 aromatic rings. The van der Waals surface area contributed by atoms with Crippen LogP contribution in [0.5, 0.6) is 0 Å². The molecule has 0 saturated heterocycles. The molecule has 1 atom stereocenters. The van der Waals surface area contributed by atoms with Gasteiger partial charge in [-0.05, 0) is 19.8 Å². The van der Waals surface area contributed by atoms with E-state index in [-0.39, 0.29) is 0 Å². The summed E-state index contributed by atoms with van der Waals surface area (Å²) >= 11 is 0. The van der Waals surface area contributed by atoms with Crippen molar-refractivity contribution < 1.29 is 19.8 Å². The van der Waals surface area contributed by atoms with Gasteiger partial charge in [-0.15, -0.1) is 0 Å². The molecular formula is C9H14O4. The Morgan fingerprint density at radius 3 is 2.23 bits per heavy atom. The lowest BCUT2D eigenvalue weighted by Gasteiger charge is -2.34. The SMILES string of the molecule is CC(O)(C=O)C1(C(=O)O)CCCC1. The molecule has 1 aliphatic rings. The van der Waals surface area contributed by atoms with Gasteiger partial charge in [-0.25, -0.2) is 0 Å². The Morgan fingerprint density at radius 2 is 1.92 bits per heavy atom. The molecule has 0 spiro atoms. The van der Waals surface area contributed by atoms with Gasteiger partial charge < -0.3 is 15.0 Å². The van der Waals surface area contributed by atoms with Crippen molar-refractivity contribution in [1.29, 1.82) is 0 Å². The summed E-state index contributed by atoms with van der Waals surface area (Å²) < 4.78 is 0. The lowest BCUT2D eigenvalue weighted by Crippen LogP contribution is -2.50. The van der Waals surface area contributed by atoms with Crippen molar-refractivity contribution in [3.8, 4) is 0 Å². The second-order valence-electron chi connectivity index (χ2n) is 3.86. The van der Waals surface area contributed by atoms with Crippen LogP contribution in [0.3, 0.4) is 0 Å². The summed E-state index contributed by atoms with van der Waals surface area (Å²) in [7, 11) is 0. The molecule has 0 amide bonds. The Labute approximate surface area is 76.6 Å². The van der Waals surface area contributed by atoms with Crippen LogP contribution in [-0.4, -0.2) is 28.1 Å². The summed E-state index contributed by atoms with van der Waals surface area (Å²) in [5.41, 5.74) is -3.00. The minimum Gasteiger partial charge on any atom is -0.481 e. The summed E-state index contributed by atoms with van der Waals surface area (Å²) in [4.78, 5) is 21.6. The van der Waals surface area contributed by atoms with Crippen molar-refractivity contribution in [3.05, 3.63) is 0 Å². The zero-order valence-corrected chi connectivity index (χ0v) is 7.62. The second-order valence-corrected chi connectivity index (χ2v) is 3.86. The minimum absolute atomic E-state index is 0.340. The third-order valence-corrected chi connectivity index (χ3v) is 3.06. The monoisotopic (exact) mass is 186 g/mol. The van der Waals surface area contributed by atoms with Gasteiger partial charge in [-0.2, -0.15) is 0 Å². The predicted octanol–water partition coefficient (Wildman–Crippen LogP) is 0.581. The molecule has 0 heterocycles. The Hall–Kier alpha value is -0.900. The van der Waals surface area contributed by atoms with Crippen LogP contribution in [-0.2, 0) is 9.59 Å². The van der Waals surface area contributed by atoms with Crippen molar-refractivity contribution in [1.82, 2.24) is 0 Å². The number of carbonyl (C=O) groups is 2. The van der Waals surface area contributed by atoms with Crippen molar-refractivity contribution in [2.45, 2.75) is 38.2 Å². The highest BCUT2D eigenvalue weighted by Gasteiger charge is 2.54. The predicted molar refractivity (Wildman–Crippen MR) is 45.2 cm³/mol. The van der Waals surface area contributed by atoms with Gasteiger partial charge in [0, 0.05) is 0 Å². The van der Waals surface area contributed by atoms with Crippen molar-refractivity contribution in [3.63, 3.8) is 0 Å². The van der Waals surface area contributed by atoms with Gasteiger partial charge in [0.2, 0.25) is 0 Å². The fourth-order valence-corrected chi connectivity index (χ4v) is 2.03. The zero-order chi connectivity index (χ0) is 10.1. The minimum atomic E-state index is -1.74. The number of carboxylic acids is 1. The van der Waals surface area contributed by atoms with E-state index >= 15 is 0 Å². The largest absolute Gasteiger partial charge is 0.481 e. The van der Waals surface area contributed by atoms with E-state index in [1.54, 1.807) is 0 Å². The van der Waals surface area contributed by atoms with Crippen LogP contribution in [0.15, 0.2) is 0 Å². The maximum atomic E-state index is 11.0. The van der Waals surface area contributed by atoms with Crippen molar-refractivity contribution >= 4 is 12.3 Å². The number of carboxylic acid groups (broad SMARTS) is 1. The number of carbonyl (C=O) groups excluding carboxylic acids is 1. The molecule has 0 aromatic carbocycles. The molecule has 0 bridgehead atoms. The first-order valence-electron chi connectivity index (χ1n) is 4.38. The first-order chi connectivity index (χ1) is 5.96. The molecule has 13 heavy (non-hydrogen) atoms. The normalized spacial score (nSPS) is 25.1. The molecule has 0 aliphatic heterocycles. The average molecular weight is 186 g/mol. The number of hydrogen-bond acceptors (Lipinski definition) is 3. The third kappa shape index (κ3) is 1.35. The van der Waals surface area contributed by atoms with Crippen LogP contribution in [0.1, 0.15) is 32.6 Å². The molecule has 2 N–H and O–H groups in total. The Balaban J connectivity index is 3.04. The first kappa shape index (κ1) is 10.2. The average Bonchev–Trinajstić information content (AvgIpc) is 2.53. The molecular weight excluding hydrogens is 172 g/mol. The lowest BCUT2D eigenvalue weighted by atomic mass is 9.72. The standard InChI is InChI=1S/C9H14O4/c1-8(13,6-10)9(7(11)12)4-2-3-5-9/h6,13H,2-5H2,1H3,(H,11,12).